The van der Waals surface area contributed by atoms with Crippen molar-refractivity contribution in [3.63, 3.8) is 0 Å². The molecule has 5 nitrogen and oxygen atoms in total. The molecule has 0 radical (unpaired) electrons. The summed E-state index contributed by atoms with van der Waals surface area (Å²) in [5.41, 5.74) is -0.300. The second kappa shape index (κ2) is 13.5. The Labute approximate surface area is 192 Å². The fourth-order valence-electron chi connectivity index (χ4n) is 2.03. The Hall–Kier alpha value is -0.850. The van der Waals surface area contributed by atoms with Gasteiger partial charge in [-0.1, -0.05) is 51.6 Å². The van der Waals surface area contributed by atoms with E-state index in [4.69, 9.17) is 65.5 Å². The first-order valence-corrected chi connectivity index (χ1v) is 10.7. The molecule has 0 N–H and O–H groups in total. The van der Waals surface area contributed by atoms with Crippen LogP contribution in [0.3, 0.4) is 0 Å². The lowest BCUT2D eigenvalue weighted by atomic mass is 10.2. The number of nitrogens with zero attached hydrogens (tertiary/aromatic N) is 1. The van der Waals surface area contributed by atoms with Crippen LogP contribution in [0.4, 0.5) is 0 Å². The maximum atomic E-state index is 6.28. The van der Waals surface area contributed by atoms with Gasteiger partial charge in [0.25, 0.3) is 0 Å². The van der Waals surface area contributed by atoms with Gasteiger partial charge in [-0.25, -0.2) is 0 Å². The minimum absolute atomic E-state index is 0.0868. The van der Waals surface area contributed by atoms with Crippen LogP contribution in [0.5, 0.6) is 11.5 Å². The highest BCUT2D eigenvalue weighted by molar-refractivity contribution is 6.55. The smallest absolute Gasteiger partial charge is 0.157 e. The van der Waals surface area contributed by atoms with Crippen LogP contribution in [0.2, 0.25) is 10.0 Å². The van der Waals surface area contributed by atoms with E-state index in [1.165, 1.54) is 6.08 Å². The molecule has 0 aromatic heterocycles. The highest BCUT2D eigenvalue weighted by atomic mass is 35.5. The molecule has 0 amide bonds. The van der Waals surface area contributed by atoms with E-state index in [1.54, 1.807) is 18.3 Å². The Morgan fingerprint density at radius 1 is 1.14 bits per heavy atom. The highest BCUT2D eigenvalue weighted by Crippen LogP contribution is 2.37. The first-order valence-electron chi connectivity index (χ1n) is 9.16. The van der Waals surface area contributed by atoms with Crippen LogP contribution >= 0.6 is 46.4 Å². The van der Waals surface area contributed by atoms with Gasteiger partial charge in [0.15, 0.2) is 5.75 Å². The minimum atomic E-state index is -0.300. The van der Waals surface area contributed by atoms with Gasteiger partial charge in [0.2, 0.25) is 0 Å². The summed E-state index contributed by atoms with van der Waals surface area (Å²) in [6, 6.07) is 3.27. The lowest BCUT2D eigenvalue weighted by Crippen LogP contribution is -2.16. The van der Waals surface area contributed by atoms with E-state index in [9.17, 15) is 0 Å². The van der Waals surface area contributed by atoms with Crippen LogP contribution in [0.25, 0.3) is 0 Å². The Balaban J connectivity index is 2.36. The molecule has 1 rings (SSSR count). The lowest BCUT2D eigenvalue weighted by molar-refractivity contribution is 0.000636. The van der Waals surface area contributed by atoms with Gasteiger partial charge in [0.05, 0.1) is 29.0 Å². The van der Waals surface area contributed by atoms with Gasteiger partial charge in [0, 0.05) is 18.7 Å². The molecular formula is C20H27Cl4NO4. The fraction of sp³-hybridized carbons (Fsp3) is 0.550. The van der Waals surface area contributed by atoms with Gasteiger partial charge in [-0.15, -0.1) is 0 Å². The van der Waals surface area contributed by atoms with Gasteiger partial charge in [-0.2, -0.15) is 0 Å². The van der Waals surface area contributed by atoms with Crippen molar-refractivity contribution < 1.29 is 19.0 Å². The molecule has 1 aromatic carbocycles. The fourth-order valence-corrected chi connectivity index (χ4v) is 2.71. The van der Waals surface area contributed by atoms with Crippen molar-refractivity contribution in [2.45, 2.75) is 52.2 Å². The molecule has 1 atom stereocenters. The van der Waals surface area contributed by atoms with E-state index >= 15 is 0 Å². The zero-order chi connectivity index (χ0) is 21.9. The Morgan fingerprint density at radius 3 is 2.38 bits per heavy atom. The second-order valence-electron chi connectivity index (χ2n) is 7.16. The third-order valence-corrected chi connectivity index (χ3v) is 4.14. The third-order valence-electron chi connectivity index (χ3n) is 3.27. The zero-order valence-corrected chi connectivity index (χ0v) is 20.0. The summed E-state index contributed by atoms with van der Waals surface area (Å²) >= 11 is 23.6. The Morgan fingerprint density at radius 2 is 1.79 bits per heavy atom. The average molecular weight is 487 g/mol. The summed E-state index contributed by atoms with van der Waals surface area (Å²) in [6.07, 6.45) is 4.63. The molecule has 164 valence electrons. The molecule has 29 heavy (non-hydrogen) atoms. The van der Waals surface area contributed by atoms with E-state index in [1.807, 2.05) is 27.7 Å². The van der Waals surface area contributed by atoms with E-state index in [0.717, 1.165) is 12.8 Å². The molecule has 0 saturated heterocycles. The maximum absolute atomic E-state index is 6.28. The van der Waals surface area contributed by atoms with Crippen LogP contribution in [0.1, 0.15) is 40.5 Å². The number of hydrogen-bond donors (Lipinski definition) is 0. The standard InChI is InChI=1S/C20H27Cl4NO4/c1-14(6-5-9-26-11-8-25-29-20(2,3)4)28-19-16(21)12-15(13-17(19)22)27-10-7-18(23)24/h7-8,12-14H,5-6,9-11H2,1-4H3. The van der Waals surface area contributed by atoms with Crippen molar-refractivity contribution in [1.29, 1.82) is 0 Å². The second-order valence-corrected chi connectivity index (χ2v) is 8.98. The molecule has 0 aliphatic carbocycles. The van der Waals surface area contributed by atoms with Gasteiger partial charge >= 0.3 is 0 Å². The van der Waals surface area contributed by atoms with Crippen molar-refractivity contribution >= 4 is 52.6 Å². The van der Waals surface area contributed by atoms with Crippen molar-refractivity contribution in [2.75, 3.05) is 19.8 Å². The first kappa shape index (κ1) is 26.2. The molecule has 0 heterocycles. The molecule has 0 bridgehead atoms. The molecule has 0 aliphatic heterocycles. The number of ether oxygens (including phenoxy) is 3. The van der Waals surface area contributed by atoms with E-state index in [0.29, 0.717) is 34.8 Å². The van der Waals surface area contributed by atoms with Crippen molar-refractivity contribution in [1.82, 2.24) is 0 Å². The summed E-state index contributed by atoms with van der Waals surface area (Å²) in [5, 5.41) is 4.59. The van der Waals surface area contributed by atoms with Crippen molar-refractivity contribution in [3.05, 3.63) is 32.7 Å². The zero-order valence-electron chi connectivity index (χ0n) is 17.0. The Kier molecular flexibility index (Phi) is 12.1. The van der Waals surface area contributed by atoms with Crippen molar-refractivity contribution in [2.24, 2.45) is 5.16 Å². The van der Waals surface area contributed by atoms with Gasteiger partial charge < -0.3 is 19.0 Å². The molecule has 0 fully saturated rings. The van der Waals surface area contributed by atoms with Crippen LogP contribution in [-0.2, 0) is 9.57 Å². The van der Waals surface area contributed by atoms with Crippen LogP contribution in [0.15, 0.2) is 27.9 Å². The molecule has 0 aliphatic rings. The van der Waals surface area contributed by atoms with Crippen LogP contribution < -0.4 is 9.47 Å². The summed E-state index contributed by atoms with van der Waals surface area (Å²) in [6.45, 7) is 8.93. The molecule has 0 saturated carbocycles. The monoisotopic (exact) mass is 485 g/mol. The number of hydrogen-bond acceptors (Lipinski definition) is 5. The maximum Gasteiger partial charge on any atom is 0.157 e. The number of benzene rings is 1. The number of rotatable bonds is 12. The van der Waals surface area contributed by atoms with E-state index in [-0.39, 0.29) is 22.8 Å². The third kappa shape index (κ3) is 12.4. The Bertz CT molecular complexity index is 663. The molecular weight excluding hydrogens is 460 g/mol. The van der Waals surface area contributed by atoms with Gasteiger partial charge in [-0.3, -0.25) is 0 Å². The number of halogens is 4. The predicted molar refractivity (Wildman–Crippen MR) is 121 cm³/mol. The topological polar surface area (TPSA) is 49.3 Å². The highest BCUT2D eigenvalue weighted by Gasteiger charge is 2.14. The van der Waals surface area contributed by atoms with Gasteiger partial charge in [0.1, 0.15) is 22.4 Å². The molecule has 1 aromatic rings. The predicted octanol–water partition coefficient (Wildman–Crippen LogP) is 7.06. The SMILES string of the molecule is CC(CCCOCC=NOC(C)(C)C)Oc1c(Cl)cc(OCC=C(Cl)Cl)cc1Cl. The lowest BCUT2D eigenvalue weighted by Gasteiger charge is -2.17. The van der Waals surface area contributed by atoms with Crippen LogP contribution in [0, 0.1) is 0 Å². The quantitative estimate of drug-likeness (QED) is 0.180. The first-order chi connectivity index (χ1) is 13.6. The van der Waals surface area contributed by atoms with Crippen LogP contribution in [-0.4, -0.2) is 37.7 Å². The van der Waals surface area contributed by atoms with E-state index in [2.05, 4.69) is 5.16 Å². The molecule has 9 heteroatoms. The van der Waals surface area contributed by atoms with E-state index < -0.39 is 0 Å². The summed E-state index contributed by atoms with van der Waals surface area (Å²) in [7, 11) is 0. The average Bonchev–Trinajstić information content (AvgIpc) is 2.59. The van der Waals surface area contributed by atoms with Crippen molar-refractivity contribution in [3.8, 4) is 11.5 Å². The summed E-state index contributed by atoms with van der Waals surface area (Å²) in [4.78, 5) is 5.22. The molecule has 1 unspecified atom stereocenters. The minimum Gasteiger partial charge on any atom is -0.489 e. The summed E-state index contributed by atoms with van der Waals surface area (Å²) < 4.78 is 17.0. The normalized spacial score (nSPS) is 12.7. The molecule has 0 spiro atoms. The largest absolute Gasteiger partial charge is 0.489 e. The summed E-state index contributed by atoms with van der Waals surface area (Å²) in [5.74, 6) is 0.919. The van der Waals surface area contributed by atoms with Gasteiger partial charge in [-0.05, 0) is 46.6 Å². The number of oxime groups is 1.